The molecule has 2 aliphatic heterocycles. The molecule has 0 radical (unpaired) electrons. The number of ether oxygens (including phenoxy) is 1. The summed E-state index contributed by atoms with van der Waals surface area (Å²) in [5, 5.41) is 16.8. The van der Waals surface area contributed by atoms with Gasteiger partial charge in [0.15, 0.2) is 0 Å². The van der Waals surface area contributed by atoms with E-state index in [0.717, 1.165) is 44.3 Å². The van der Waals surface area contributed by atoms with Crippen molar-refractivity contribution in [3.05, 3.63) is 39.1 Å². The molecule has 2 aliphatic rings. The number of nitrogens with zero attached hydrogens (tertiary/aromatic N) is 2. The van der Waals surface area contributed by atoms with E-state index in [1.54, 1.807) is 17.7 Å². The van der Waals surface area contributed by atoms with Crippen molar-refractivity contribution in [3.8, 4) is 5.75 Å². The summed E-state index contributed by atoms with van der Waals surface area (Å²) in [7, 11) is 1.36. The zero-order valence-electron chi connectivity index (χ0n) is 14.6. The van der Waals surface area contributed by atoms with Gasteiger partial charge in [-0.25, -0.2) is 4.79 Å². The molecule has 4 rings (SSSR count). The van der Waals surface area contributed by atoms with Gasteiger partial charge in [0.05, 0.1) is 19.0 Å². The SMILES string of the molecule is COC(=O)c1sccc1N/N=C/c1cc2c3c(c1O)CCCN3CCC2. The summed E-state index contributed by atoms with van der Waals surface area (Å²) in [6.07, 6.45) is 5.76. The highest BCUT2D eigenvalue weighted by atomic mass is 32.1. The van der Waals surface area contributed by atoms with E-state index in [0.29, 0.717) is 21.9 Å². The number of hydrazone groups is 1. The molecule has 0 unspecified atom stereocenters. The van der Waals surface area contributed by atoms with Gasteiger partial charge in [0.2, 0.25) is 0 Å². The van der Waals surface area contributed by atoms with Crippen molar-refractivity contribution < 1.29 is 14.6 Å². The summed E-state index contributed by atoms with van der Waals surface area (Å²) in [6.45, 7) is 2.14. The molecule has 1 aromatic heterocycles. The molecule has 26 heavy (non-hydrogen) atoms. The number of aromatic hydroxyl groups is 1. The fraction of sp³-hybridized carbons (Fsp3) is 0.368. The maximum absolute atomic E-state index is 11.7. The molecule has 0 fully saturated rings. The number of esters is 1. The van der Waals surface area contributed by atoms with E-state index in [2.05, 4.69) is 15.4 Å². The van der Waals surface area contributed by atoms with Gasteiger partial charge in [-0.3, -0.25) is 5.43 Å². The fourth-order valence-corrected chi connectivity index (χ4v) is 4.55. The van der Waals surface area contributed by atoms with Crippen LogP contribution in [0, 0.1) is 0 Å². The zero-order valence-corrected chi connectivity index (χ0v) is 15.4. The summed E-state index contributed by atoms with van der Waals surface area (Å²) >= 11 is 1.30. The largest absolute Gasteiger partial charge is 0.507 e. The molecule has 0 aliphatic carbocycles. The second kappa shape index (κ2) is 6.99. The second-order valence-corrected chi connectivity index (χ2v) is 7.44. The summed E-state index contributed by atoms with van der Waals surface area (Å²) in [5.74, 6) is -0.0711. The number of hydrogen-bond acceptors (Lipinski definition) is 7. The maximum atomic E-state index is 11.7. The van der Waals surface area contributed by atoms with Crippen LogP contribution >= 0.6 is 11.3 Å². The number of benzene rings is 1. The van der Waals surface area contributed by atoms with Crippen LogP contribution in [0.1, 0.15) is 39.2 Å². The third-order valence-electron chi connectivity index (χ3n) is 4.95. The Kier molecular flexibility index (Phi) is 4.55. The molecule has 0 saturated heterocycles. The Morgan fingerprint density at radius 1 is 1.38 bits per heavy atom. The summed E-state index contributed by atoms with van der Waals surface area (Å²) in [5.41, 5.74) is 7.76. The molecule has 0 spiro atoms. The molecule has 0 amide bonds. The summed E-state index contributed by atoms with van der Waals surface area (Å²) in [6, 6.07) is 3.81. The van der Waals surface area contributed by atoms with Crippen LogP contribution in [-0.4, -0.2) is 37.5 Å². The molecule has 0 bridgehead atoms. The highest BCUT2D eigenvalue weighted by Gasteiger charge is 2.27. The molecular weight excluding hydrogens is 350 g/mol. The Morgan fingerprint density at radius 2 is 2.19 bits per heavy atom. The van der Waals surface area contributed by atoms with Gasteiger partial charge in [-0.1, -0.05) is 0 Å². The van der Waals surface area contributed by atoms with E-state index in [9.17, 15) is 9.90 Å². The Bertz CT molecular complexity index is 873. The number of carbonyl (C=O) groups excluding carboxylic acids is 1. The number of anilines is 2. The van der Waals surface area contributed by atoms with E-state index in [1.807, 2.05) is 6.07 Å². The second-order valence-electron chi connectivity index (χ2n) is 6.52. The maximum Gasteiger partial charge on any atom is 0.350 e. The standard InChI is InChI=1S/C19H21N3O3S/c1-25-19(24)18-15(6-9-26-18)21-20-11-13-10-12-4-2-7-22-8-3-5-14(16(12)22)17(13)23/h6,9-11,21,23H,2-5,7-8H2,1H3/b20-11+. The predicted octanol–water partition coefficient (Wildman–Crippen LogP) is 3.39. The fourth-order valence-electron chi connectivity index (χ4n) is 3.79. The molecular formula is C19H21N3O3S. The van der Waals surface area contributed by atoms with Crippen LogP contribution in [0.25, 0.3) is 0 Å². The number of rotatable bonds is 4. The van der Waals surface area contributed by atoms with Crippen LogP contribution in [0.2, 0.25) is 0 Å². The first-order valence-electron chi connectivity index (χ1n) is 8.76. The molecule has 3 heterocycles. The topological polar surface area (TPSA) is 74.2 Å². The van der Waals surface area contributed by atoms with Gasteiger partial charge in [-0.05, 0) is 48.8 Å². The van der Waals surface area contributed by atoms with Crippen LogP contribution in [0.4, 0.5) is 11.4 Å². The van der Waals surface area contributed by atoms with Crippen LogP contribution in [0.15, 0.2) is 22.6 Å². The number of thiophene rings is 1. The van der Waals surface area contributed by atoms with Gasteiger partial charge >= 0.3 is 5.97 Å². The molecule has 0 atom stereocenters. The van der Waals surface area contributed by atoms with Crippen LogP contribution in [-0.2, 0) is 17.6 Å². The number of phenolic OH excluding ortho intramolecular Hbond substituents is 1. The van der Waals surface area contributed by atoms with Gasteiger partial charge in [-0.15, -0.1) is 11.3 Å². The lowest BCUT2D eigenvalue weighted by Gasteiger charge is -2.37. The van der Waals surface area contributed by atoms with Crippen molar-refractivity contribution in [3.63, 3.8) is 0 Å². The minimum absolute atomic E-state index is 0.319. The number of hydrogen-bond donors (Lipinski definition) is 2. The highest BCUT2D eigenvalue weighted by Crippen LogP contribution is 2.41. The van der Waals surface area contributed by atoms with Crippen LogP contribution < -0.4 is 10.3 Å². The number of carbonyl (C=O) groups is 1. The Labute approximate surface area is 156 Å². The monoisotopic (exact) mass is 371 g/mol. The first-order chi connectivity index (χ1) is 12.7. The van der Waals surface area contributed by atoms with Gasteiger partial charge in [0, 0.05) is 29.9 Å². The molecule has 0 saturated carbocycles. The minimum Gasteiger partial charge on any atom is -0.507 e. The van der Waals surface area contributed by atoms with Gasteiger partial charge < -0.3 is 14.7 Å². The quantitative estimate of drug-likeness (QED) is 0.490. The van der Waals surface area contributed by atoms with Crippen molar-refractivity contribution in [1.29, 1.82) is 0 Å². The van der Waals surface area contributed by atoms with E-state index in [1.165, 1.54) is 29.7 Å². The molecule has 1 aromatic carbocycles. The smallest absolute Gasteiger partial charge is 0.350 e. The van der Waals surface area contributed by atoms with Crippen LogP contribution in [0.3, 0.4) is 0 Å². The van der Waals surface area contributed by atoms with Crippen molar-refractivity contribution >= 4 is 34.9 Å². The Morgan fingerprint density at radius 3 is 3.00 bits per heavy atom. The Balaban J connectivity index is 1.60. The van der Waals surface area contributed by atoms with E-state index in [-0.39, 0.29) is 5.97 Å². The third-order valence-corrected chi connectivity index (χ3v) is 5.84. The number of methoxy groups -OCH3 is 1. The lowest BCUT2D eigenvalue weighted by Crippen LogP contribution is -2.34. The molecule has 2 N–H and O–H groups in total. The van der Waals surface area contributed by atoms with Gasteiger partial charge in [0.25, 0.3) is 0 Å². The number of phenols is 1. The molecule has 136 valence electrons. The first kappa shape index (κ1) is 16.9. The van der Waals surface area contributed by atoms with E-state index < -0.39 is 0 Å². The number of aryl methyl sites for hydroxylation is 1. The third kappa shape index (κ3) is 2.92. The van der Waals surface area contributed by atoms with Gasteiger partial charge in [0.1, 0.15) is 10.6 Å². The first-order valence-corrected chi connectivity index (χ1v) is 9.64. The van der Waals surface area contributed by atoms with E-state index >= 15 is 0 Å². The summed E-state index contributed by atoms with van der Waals surface area (Å²) < 4.78 is 4.76. The lowest BCUT2D eigenvalue weighted by molar-refractivity contribution is 0.0607. The van der Waals surface area contributed by atoms with Crippen molar-refractivity contribution in [1.82, 2.24) is 0 Å². The minimum atomic E-state index is -0.390. The zero-order chi connectivity index (χ0) is 18.1. The average molecular weight is 371 g/mol. The highest BCUT2D eigenvalue weighted by molar-refractivity contribution is 7.12. The van der Waals surface area contributed by atoms with E-state index in [4.69, 9.17) is 4.74 Å². The van der Waals surface area contributed by atoms with Gasteiger partial charge in [-0.2, -0.15) is 5.10 Å². The van der Waals surface area contributed by atoms with Crippen LogP contribution in [0.5, 0.6) is 5.75 Å². The molecule has 2 aromatic rings. The predicted molar refractivity (Wildman–Crippen MR) is 104 cm³/mol. The molecule has 7 heteroatoms. The lowest BCUT2D eigenvalue weighted by atomic mass is 9.89. The number of nitrogens with one attached hydrogen (secondary N) is 1. The average Bonchev–Trinajstić information content (AvgIpc) is 3.13. The van der Waals surface area contributed by atoms with Crippen molar-refractivity contribution in [2.75, 3.05) is 30.5 Å². The van der Waals surface area contributed by atoms with Crippen molar-refractivity contribution in [2.24, 2.45) is 5.10 Å². The molecule has 6 nitrogen and oxygen atoms in total. The Hall–Kier alpha value is -2.54. The van der Waals surface area contributed by atoms with Crippen molar-refractivity contribution in [2.45, 2.75) is 25.7 Å². The summed E-state index contributed by atoms with van der Waals surface area (Å²) in [4.78, 5) is 14.6. The normalized spacial score (nSPS) is 15.8.